The average Bonchev–Trinajstić information content (AvgIpc) is 2.49. The molecule has 0 spiro atoms. The summed E-state index contributed by atoms with van der Waals surface area (Å²) < 4.78 is 5.51. The molecule has 4 heteroatoms. The highest BCUT2D eigenvalue weighted by Gasteiger charge is 2.21. The van der Waals surface area contributed by atoms with E-state index in [4.69, 9.17) is 10.5 Å². The van der Waals surface area contributed by atoms with Crippen LogP contribution in [0.25, 0.3) is 11.1 Å². The van der Waals surface area contributed by atoms with Gasteiger partial charge in [-0.15, -0.1) is 0 Å². The first kappa shape index (κ1) is 18.1. The van der Waals surface area contributed by atoms with Gasteiger partial charge in [-0.3, -0.25) is 9.78 Å². The number of aryl methyl sites for hydroxylation is 2. The number of esters is 1. The number of aromatic nitrogens is 1. The van der Waals surface area contributed by atoms with Crippen LogP contribution in [0.4, 0.5) is 0 Å². The molecule has 24 heavy (non-hydrogen) atoms. The van der Waals surface area contributed by atoms with E-state index in [1.165, 1.54) is 12.5 Å². The van der Waals surface area contributed by atoms with Crippen LogP contribution in [-0.2, 0) is 17.8 Å². The minimum Gasteiger partial charge on any atom is -0.424 e. The minimum atomic E-state index is -0.354. The molecule has 0 amide bonds. The van der Waals surface area contributed by atoms with E-state index < -0.39 is 0 Å². The number of ether oxygens (including phenoxy) is 1. The van der Waals surface area contributed by atoms with E-state index in [1.54, 1.807) is 0 Å². The number of rotatable bonds is 5. The largest absolute Gasteiger partial charge is 0.424 e. The summed E-state index contributed by atoms with van der Waals surface area (Å²) in [7, 11) is 0. The van der Waals surface area contributed by atoms with Crippen molar-refractivity contribution < 1.29 is 9.53 Å². The lowest BCUT2D eigenvalue weighted by Crippen LogP contribution is -2.14. The number of carbonyl (C=O) groups excluding carboxylic acids is 1. The highest BCUT2D eigenvalue weighted by Crippen LogP contribution is 2.37. The van der Waals surface area contributed by atoms with E-state index in [0.29, 0.717) is 23.9 Å². The second-order valence-electron chi connectivity index (χ2n) is 6.59. The smallest absolute Gasteiger partial charge is 0.308 e. The molecule has 0 saturated heterocycles. The zero-order valence-corrected chi connectivity index (χ0v) is 15.1. The van der Waals surface area contributed by atoms with Gasteiger partial charge in [-0.25, -0.2) is 0 Å². The molecule has 4 nitrogen and oxygen atoms in total. The van der Waals surface area contributed by atoms with Gasteiger partial charge in [0.2, 0.25) is 0 Å². The Hall–Kier alpha value is -2.20. The van der Waals surface area contributed by atoms with Crippen molar-refractivity contribution in [2.45, 2.75) is 47.6 Å². The monoisotopic (exact) mass is 326 g/mol. The maximum absolute atomic E-state index is 11.6. The molecule has 128 valence electrons. The molecule has 2 rings (SSSR count). The Morgan fingerprint density at radius 2 is 1.83 bits per heavy atom. The van der Waals surface area contributed by atoms with Crippen LogP contribution in [0, 0.1) is 19.8 Å². The molecule has 2 aromatic rings. The van der Waals surface area contributed by atoms with Crippen LogP contribution in [0.5, 0.6) is 5.75 Å². The van der Waals surface area contributed by atoms with Crippen LogP contribution in [0.1, 0.15) is 43.3 Å². The van der Waals surface area contributed by atoms with Gasteiger partial charge in [0.15, 0.2) is 5.75 Å². The van der Waals surface area contributed by atoms with Crippen LogP contribution in [0.2, 0.25) is 0 Å². The first-order valence-corrected chi connectivity index (χ1v) is 8.31. The molecule has 0 unspecified atom stereocenters. The third-order valence-electron chi connectivity index (χ3n) is 3.90. The predicted molar refractivity (Wildman–Crippen MR) is 96.9 cm³/mol. The van der Waals surface area contributed by atoms with Crippen molar-refractivity contribution in [1.82, 2.24) is 4.98 Å². The van der Waals surface area contributed by atoms with Gasteiger partial charge in [0.25, 0.3) is 0 Å². The molecule has 1 aromatic carbocycles. The predicted octanol–water partition coefficient (Wildman–Crippen LogP) is 3.95. The Morgan fingerprint density at radius 1 is 1.21 bits per heavy atom. The molecule has 0 aliphatic carbocycles. The molecule has 1 aromatic heterocycles. The highest BCUT2D eigenvalue weighted by atomic mass is 16.5. The van der Waals surface area contributed by atoms with E-state index in [-0.39, 0.29) is 5.97 Å². The van der Waals surface area contributed by atoms with E-state index >= 15 is 0 Å². The van der Waals surface area contributed by atoms with Gasteiger partial charge in [0, 0.05) is 24.7 Å². The lowest BCUT2D eigenvalue weighted by molar-refractivity contribution is -0.131. The molecule has 0 radical (unpaired) electrons. The molecular formula is C20H26N2O2. The summed E-state index contributed by atoms with van der Waals surface area (Å²) in [6, 6.07) is 8.17. The molecule has 0 saturated carbocycles. The van der Waals surface area contributed by atoms with Crippen LogP contribution in [-0.4, -0.2) is 11.0 Å². The van der Waals surface area contributed by atoms with Crippen molar-refractivity contribution in [3.63, 3.8) is 0 Å². The molecule has 0 fully saturated rings. The zero-order chi connectivity index (χ0) is 17.9. The Morgan fingerprint density at radius 3 is 2.33 bits per heavy atom. The lowest BCUT2D eigenvalue weighted by atomic mass is 9.93. The van der Waals surface area contributed by atoms with Crippen molar-refractivity contribution in [2.24, 2.45) is 11.7 Å². The second kappa shape index (κ2) is 7.58. The number of hydrogen-bond donors (Lipinski definition) is 1. The standard InChI is InChI=1S/C20H26N2O2/c1-12(2)10-18-17(11-21)19(16-8-6-13(3)7-9-16)20(14(4)22-18)24-15(5)23/h6-9,12H,10-11,21H2,1-5H3. The number of pyridine rings is 1. The van der Waals surface area contributed by atoms with Gasteiger partial charge in [0.1, 0.15) is 0 Å². The van der Waals surface area contributed by atoms with Gasteiger partial charge in [0.05, 0.1) is 5.69 Å². The fourth-order valence-electron chi connectivity index (χ4n) is 2.85. The van der Waals surface area contributed by atoms with Crippen LogP contribution in [0.15, 0.2) is 24.3 Å². The third-order valence-corrected chi connectivity index (χ3v) is 3.90. The number of hydrogen-bond acceptors (Lipinski definition) is 4. The molecule has 0 atom stereocenters. The lowest BCUT2D eigenvalue weighted by Gasteiger charge is -2.20. The summed E-state index contributed by atoms with van der Waals surface area (Å²) in [5.74, 6) is 0.625. The van der Waals surface area contributed by atoms with Gasteiger partial charge >= 0.3 is 5.97 Å². The summed E-state index contributed by atoms with van der Waals surface area (Å²) in [5.41, 5.74) is 11.8. The molecule has 2 N–H and O–H groups in total. The Bertz CT molecular complexity index is 734. The maximum atomic E-state index is 11.6. The van der Waals surface area contributed by atoms with Crippen molar-refractivity contribution >= 4 is 5.97 Å². The Labute approximate surface area is 144 Å². The average molecular weight is 326 g/mol. The molecule has 0 bridgehead atoms. The summed E-state index contributed by atoms with van der Waals surface area (Å²) >= 11 is 0. The second-order valence-corrected chi connectivity index (χ2v) is 6.59. The van der Waals surface area contributed by atoms with E-state index in [2.05, 4.69) is 18.8 Å². The SMILES string of the molecule is CC(=O)Oc1c(C)nc(CC(C)C)c(CN)c1-c1ccc(C)cc1. The van der Waals surface area contributed by atoms with Gasteiger partial charge < -0.3 is 10.5 Å². The van der Waals surface area contributed by atoms with Gasteiger partial charge in [-0.2, -0.15) is 0 Å². The fourth-order valence-corrected chi connectivity index (χ4v) is 2.85. The first-order chi connectivity index (χ1) is 11.3. The van der Waals surface area contributed by atoms with Crippen LogP contribution in [0.3, 0.4) is 0 Å². The Balaban J connectivity index is 2.75. The summed E-state index contributed by atoms with van der Waals surface area (Å²) in [6.07, 6.45) is 0.840. The summed E-state index contributed by atoms with van der Waals surface area (Å²) in [6.45, 7) is 9.99. The number of nitrogens with zero attached hydrogens (tertiary/aromatic N) is 1. The van der Waals surface area contributed by atoms with Gasteiger partial charge in [-0.1, -0.05) is 43.7 Å². The van der Waals surface area contributed by atoms with E-state index in [0.717, 1.165) is 28.8 Å². The summed E-state index contributed by atoms with van der Waals surface area (Å²) in [4.78, 5) is 16.3. The van der Waals surface area contributed by atoms with E-state index in [9.17, 15) is 4.79 Å². The van der Waals surface area contributed by atoms with Crippen LogP contribution >= 0.6 is 0 Å². The van der Waals surface area contributed by atoms with Crippen molar-refractivity contribution in [2.75, 3.05) is 0 Å². The minimum absolute atomic E-state index is 0.354. The van der Waals surface area contributed by atoms with Crippen molar-refractivity contribution in [3.8, 4) is 16.9 Å². The summed E-state index contributed by atoms with van der Waals surface area (Å²) in [5, 5.41) is 0. The fraction of sp³-hybridized carbons (Fsp3) is 0.400. The van der Waals surface area contributed by atoms with Crippen molar-refractivity contribution in [3.05, 3.63) is 46.8 Å². The normalized spacial score (nSPS) is 11.0. The first-order valence-electron chi connectivity index (χ1n) is 8.31. The number of nitrogens with two attached hydrogens (primary N) is 1. The Kier molecular flexibility index (Phi) is 5.73. The highest BCUT2D eigenvalue weighted by molar-refractivity contribution is 5.80. The number of carbonyl (C=O) groups is 1. The van der Waals surface area contributed by atoms with Crippen LogP contribution < -0.4 is 10.5 Å². The zero-order valence-electron chi connectivity index (χ0n) is 15.1. The molecular weight excluding hydrogens is 300 g/mol. The van der Waals surface area contributed by atoms with Crippen molar-refractivity contribution in [1.29, 1.82) is 0 Å². The molecule has 0 aliphatic heterocycles. The molecule has 0 aliphatic rings. The van der Waals surface area contributed by atoms with E-state index in [1.807, 2.05) is 38.1 Å². The third kappa shape index (κ3) is 4.01. The number of benzene rings is 1. The molecule has 1 heterocycles. The quantitative estimate of drug-likeness (QED) is 0.845. The maximum Gasteiger partial charge on any atom is 0.308 e. The van der Waals surface area contributed by atoms with Gasteiger partial charge in [-0.05, 0) is 37.3 Å². The topological polar surface area (TPSA) is 65.2 Å².